The average Bonchev–Trinajstić information content (AvgIpc) is 2.76. The van der Waals surface area contributed by atoms with Crippen molar-refractivity contribution in [3.63, 3.8) is 0 Å². The topological polar surface area (TPSA) is 128 Å². The first kappa shape index (κ1) is 24.7. The fourth-order valence-corrected chi connectivity index (χ4v) is 2.94. The highest BCUT2D eigenvalue weighted by Crippen LogP contribution is 2.21. The zero-order valence-corrected chi connectivity index (χ0v) is 18.9. The number of nitrogens with one attached hydrogen (secondary N) is 1. The molecule has 1 aromatic carbocycles. The number of nitriles is 1. The van der Waals surface area contributed by atoms with E-state index in [2.05, 4.69) is 10.4 Å². The van der Waals surface area contributed by atoms with Crippen molar-refractivity contribution in [3.8, 4) is 11.8 Å². The lowest BCUT2D eigenvalue weighted by molar-refractivity contribution is -0.158. The molecule has 10 nitrogen and oxygen atoms in total. The van der Waals surface area contributed by atoms with Crippen molar-refractivity contribution < 1.29 is 14.3 Å². The number of aromatic nitrogens is 3. The highest BCUT2D eigenvalue weighted by molar-refractivity contribution is 5.79. The van der Waals surface area contributed by atoms with E-state index in [0.717, 1.165) is 14.8 Å². The van der Waals surface area contributed by atoms with Gasteiger partial charge < -0.3 is 14.8 Å². The number of hydrogen-bond acceptors (Lipinski definition) is 8. The number of esters is 1. The molecule has 0 aliphatic carbocycles. The minimum atomic E-state index is -1.10. The van der Waals surface area contributed by atoms with Crippen molar-refractivity contribution in [2.45, 2.75) is 52.2 Å². The van der Waals surface area contributed by atoms with E-state index in [1.54, 1.807) is 26.8 Å². The van der Waals surface area contributed by atoms with Crippen molar-refractivity contribution in [2.75, 3.05) is 18.5 Å². The van der Waals surface area contributed by atoms with Gasteiger partial charge in [-0.05, 0) is 51.3 Å². The van der Waals surface area contributed by atoms with Crippen LogP contribution in [-0.2, 0) is 29.5 Å². The first-order chi connectivity index (χ1) is 15.2. The molecule has 0 spiro atoms. The molecule has 0 aliphatic rings. The molecular weight excluding hydrogens is 414 g/mol. The van der Waals surface area contributed by atoms with E-state index in [4.69, 9.17) is 14.7 Å². The second-order valence-electron chi connectivity index (χ2n) is 7.64. The quantitative estimate of drug-likeness (QED) is 0.410. The van der Waals surface area contributed by atoms with E-state index in [1.807, 2.05) is 24.3 Å². The van der Waals surface area contributed by atoms with Crippen LogP contribution in [0.5, 0.6) is 5.75 Å². The molecule has 0 fully saturated rings. The first-order valence-corrected chi connectivity index (χ1v) is 10.4. The molecule has 172 valence electrons. The lowest BCUT2D eigenvalue weighted by Crippen LogP contribution is -2.41. The van der Waals surface area contributed by atoms with Gasteiger partial charge in [0.05, 0.1) is 25.6 Å². The molecule has 0 bridgehead atoms. The molecule has 0 atom stereocenters. The Morgan fingerprint density at radius 1 is 1.31 bits per heavy atom. The third-order valence-corrected chi connectivity index (χ3v) is 4.64. The number of carbonyl (C=O) groups is 1. The third-order valence-electron chi connectivity index (χ3n) is 4.64. The van der Waals surface area contributed by atoms with E-state index in [1.165, 1.54) is 7.05 Å². The van der Waals surface area contributed by atoms with E-state index >= 15 is 0 Å². The maximum Gasteiger partial charge on any atom is 0.349 e. The standard InChI is InChI=1S/C22H29N5O5/c1-5-31-20(29)22(2,3)32-17-11-6-9-16(15-17)10-7-13-24-18-19(28)26(4)21(30)27(25-18)14-8-12-23/h6,9,11,15H,5,7-8,10,13-14H2,1-4H3,(H,24,25). The summed E-state index contributed by atoms with van der Waals surface area (Å²) in [6.07, 6.45) is 1.50. The predicted octanol–water partition coefficient (Wildman–Crippen LogP) is 1.62. The lowest BCUT2D eigenvalue weighted by atomic mass is 10.1. The zero-order chi connectivity index (χ0) is 23.7. The second kappa shape index (κ2) is 11.1. The van der Waals surface area contributed by atoms with Gasteiger partial charge in [0.1, 0.15) is 5.75 Å². The molecule has 2 rings (SSSR count). The highest BCUT2D eigenvalue weighted by Gasteiger charge is 2.31. The maximum atomic E-state index is 12.3. The summed E-state index contributed by atoms with van der Waals surface area (Å²) in [6, 6.07) is 9.39. The Morgan fingerprint density at radius 3 is 2.75 bits per heavy atom. The van der Waals surface area contributed by atoms with Crippen LogP contribution in [0, 0.1) is 11.3 Å². The summed E-state index contributed by atoms with van der Waals surface area (Å²) in [4.78, 5) is 36.4. The number of anilines is 1. The minimum absolute atomic E-state index is 0.0679. The van der Waals surface area contributed by atoms with Gasteiger partial charge in [-0.25, -0.2) is 14.3 Å². The van der Waals surface area contributed by atoms with Gasteiger partial charge in [-0.15, -0.1) is 5.10 Å². The number of rotatable bonds is 11. The molecule has 1 N–H and O–H groups in total. The average molecular weight is 444 g/mol. The molecule has 0 unspecified atom stereocenters. The van der Waals surface area contributed by atoms with Crippen molar-refractivity contribution >= 4 is 11.8 Å². The second-order valence-corrected chi connectivity index (χ2v) is 7.64. The van der Waals surface area contributed by atoms with Gasteiger partial charge in [-0.1, -0.05) is 12.1 Å². The summed E-state index contributed by atoms with van der Waals surface area (Å²) in [7, 11) is 1.38. The van der Waals surface area contributed by atoms with Crippen LogP contribution >= 0.6 is 0 Å². The van der Waals surface area contributed by atoms with E-state index < -0.39 is 22.8 Å². The molecule has 10 heteroatoms. The Labute approximate surface area is 186 Å². The van der Waals surface area contributed by atoms with Crippen LogP contribution in [0.3, 0.4) is 0 Å². The van der Waals surface area contributed by atoms with E-state index in [-0.39, 0.29) is 25.4 Å². The number of aryl methyl sites for hydroxylation is 2. The number of nitrogens with zero attached hydrogens (tertiary/aromatic N) is 4. The lowest BCUT2D eigenvalue weighted by Gasteiger charge is -2.24. The Hall–Kier alpha value is -3.61. The van der Waals surface area contributed by atoms with Gasteiger partial charge in [0.25, 0.3) is 5.56 Å². The predicted molar refractivity (Wildman–Crippen MR) is 119 cm³/mol. The smallest absolute Gasteiger partial charge is 0.349 e. The van der Waals surface area contributed by atoms with E-state index in [9.17, 15) is 14.4 Å². The molecule has 1 aromatic heterocycles. The molecule has 0 radical (unpaired) electrons. The van der Waals surface area contributed by atoms with Gasteiger partial charge in [-0.2, -0.15) is 5.26 Å². The minimum Gasteiger partial charge on any atom is -0.476 e. The molecule has 1 heterocycles. The summed E-state index contributed by atoms with van der Waals surface area (Å²) < 4.78 is 12.9. The Morgan fingerprint density at radius 2 is 2.06 bits per heavy atom. The normalized spacial score (nSPS) is 11.0. The Balaban J connectivity index is 1.98. The molecule has 0 aliphatic heterocycles. The van der Waals surface area contributed by atoms with Gasteiger partial charge in [0, 0.05) is 13.6 Å². The van der Waals surface area contributed by atoms with Crippen LogP contribution in [0.2, 0.25) is 0 Å². The number of ether oxygens (including phenoxy) is 2. The monoisotopic (exact) mass is 443 g/mol. The Bertz CT molecular complexity index is 1100. The number of carbonyl (C=O) groups excluding carboxylic acids is 1. The number of benzene rings is 1. The summed E-state index contributed by atoms with van der Waals surface area (Å²) in [5.74, 6) is 0.201. The van der Waals surface area contributed by atoms with Crippen LogP contribution in [0.4, 0.5) is 5.82 Å². The summed E-state index contributed by atoms with van der Waals surface area (Å²) in [5, 5.41) is 15.7. The molecule has 2 aromatic rings. The van der Waals surface area contributed by atoms with Crippen LogP contribution in [0.15, 0.2) is 33.9 Å². The van der Waals surface area contributed by atoms with Crippen molar-refractivity contribution in [1.29, 1.82) is 5.26 Å². The zero-order valence-electron chi connectivity index (χ0n) is 18.9. The largest absolute Gasteiger partial charge is 0.476 e. The third kappa shape index (κ3) is 6.44. The van der Waals surface area contributed by atoms with Crippen molar-refractivity contribution in [1.82, 2.24) is 14.3 Å². The molecule has 32 heavy (non-hydrogen) atoms. The summed E-state index contributed by atoms with van der Waals surface area (Å²) in [5.41, 5.74) is -1.17. The van der Waals surface area contributed by atoms with Crippen molar-refractivity contribution in [2.24, 2.45) is 7.05 Å². The van der Waals surface area contributed by atoms with Gasteiger partial charge in [0.2, 0.25) is 5.82 Å². The van der Waals surface area contributed by atoms with Crippen LogP contribution in [0.25, 0.3) is 0 Å². The number of hydrogen-bond donors (Lipinski definition) is 1. The van der Waals surface area contributed by atoms with Gasteiger partial charge in [0.15, 0.2) is 5.60 Å². The molecule has 0 saturated carbocycles. The van der Waals surface area contributed by atoms with Crippen LogP contribution in [-0.4, -0.2) is 39.1 Å². The fourth-order valence-electron chi connectivity index (χ4n) is 2.94. The molecular formula is C22H29N5O5. The first-order valence-electron chi connectivity index (χ1n) is 10.4. The summed E-state index contributed by atoms with van der Waals surface area (Å²) >= 11 is 0. The SMILES string of the molecule is CCOC(=O)C(C)(C)Oc1cccc(CCCNc2nn(CCC#N)c(=O)n(C)c2=O)c1. The highest BCUT2D eigenvalue weighted by atomic mass is 16.6. The maximum absolute atomic E-state index is 12.3. The van der Waals surface area contributed by atoms with Crippen molar-refractivity contribution in [3.05, 3.63) is 50.7 Å². The molecule has 0 amide bonds. The molecule has 0 saturated heterocycles. The van der Waals surface area contributed by atoms with Gasteiger partial charge >= 0.3 is 11.7 Å². The summed E-state index contributed by atoms with van der Waals surface area (Å²) in [6.45, 7) is 5.92. The van der Waals surface area contributed by atoms with Crippen LogP contribution in [0.1, 0.15) is 39.2 Å². The van der Waals surface area contributed by atoms with Crippen LogP contribution < -0.4 is 21.3 Å². The fraction of sp³-hybridized carbons (Fsp3) is 0.500. The Kier molecular flexibility index (Phi) is 8.58. The van der Waals surface area contributed by atoms with E-state index in [0.29, 0.717) is 25.1 Å². The van der Waals surface area contributed by atoms with Gasteiger partial charge in [-0.3, -0.25) is 9.36 Å².